The maximum absolute atomic E-state index is 12.8. The minimum absolute atomic E-state index is 0.195. The van der Waals surface area contributed by atoms with E-state index in [4.69, 9.17) is 0 Å². The maximum atomic E-state index is 12.8. The van der Waals surface area contributed by atoms with Gasteiger partial charge in [0, 0.05) is 17.4 Å². The van der Waals surface area contributed by atoms with Crippen LogP contribution in [-0.4, -0.2) is 32.9 Å². The van der Waals surface area contributed by atoms with E-state index in [2.05, 4.69) is 11.2 Å². The number of hydrogen-bond donors (Lipinski definition) is 0. The largest absolute Gasteiger partial charge is 0.331 e. The Kier molecular flexibility index (Phi) is 4.04. The van der Waals surface area contributed by atoms with Crippen LogP contribution in [-0.2, 0) is 13.1 Å². The van der Waals surface area contributed by atoms with Gasteiger partial charge in [0.2, 0.25) is 0 Å². The molecule has 0 N–H and O–H groups in total. The average molecular weight is 349 g/mol. The lowest BCUT2D eigenvalue weighted by atomic mass is 10.1. The molecule has 1 aromatic carbocycles. The average Bonchev–Trinajstić information content (AvgIpc) is 3.33. The number of amides is 1. The number of thioether (sulfide) groups is 1. The summed E-state index contributed by atoms with van der Waals surface area (Å²) in [5, 5.41) is 4.61. The molecule has 0 bridgehead atoms. The number of hydrogen-bond acceptors (Lipinski definition) is 3. The topological polar surface area (TPSA) is 38.1 Å². The number of carbonyl (C=O) groups is 1. The molecule has 0 radical (unpaired) electrons. The van der Waals surface area contributed by atoms with E-state index in [-0.39, 0.29) is 5.91 Å². The van der Waals surface area contributed by atoms with Crippen molar-refractivity contribution in [3.63, 3.8) is 0 Å². The van der Waals surface area contributed by atoms with Gasteiger partial charge >= 0.3 is 0 Å². The van der Waals surface area contributed by atoms with Gasteiger partial charge in [-0.3, -0.25) is 9.48 Å². The summed E-state index contributed by atoms with van der Waals surface area (Å²) in [6, 6.07) is 8.66. The molecule has 126 valence electrons. The van der Waals surface area contributed by atoms with E-state index in [1.165, 1.54) is 12.8 Å². The Morgan fingerprint density at radius 1 is 1.25 bits per heavy atom. The normalized spacial score (nSPS) is 17.2. The van der Waals surface area contributed by atoms with E-state index in [1.54, 1.807) is 29.2 Å². The summed E-state index contributed by atoms with van der Waals surface area (Å²) in [5.74, 6) is -2.16. The lowest BCUT2D eigenvalue weighted by Gasteiger charge is -2.28. The van der Waals surface area contributed by atoms with Crippen LogP contribution in [0.3, 0.4) is 0 Å². The van der Waals surface area contributed by atoms with Gasteiger partial charge in [0.25, 0.3) is 11.7 Å². The molecule has 1 saturated carbocycles. The number of nitrogens with zero attached hydrogens (tertiary/aromatic N) is 3. The zero-order chi connectivity index (χ0) is 16.7. The van der Waals surface area contributed by atoms with Crippen LogP contribution >= 0.6 is 11.8 Å². The Balaban J connectivity index is 1.55. The van der Waals surface area contributed by atoms with Crippen LogP contribution in [0.4, 0.5) is 8.78 Å². The Labute approximate surface area is 142 Å². The molecule has 1 fully saturated rings. The third-order valence-electron chi connectivity index (χ3n) is 4.43. The highest BCUT2D eigenvalue weighted by Crippen LogP contribution is 2.40. The van der Waals surface area contributed by atoms with Crippen LogP contribution < -0.4 is 0 Å². The SMILES string of the molecule is O=C(c1ccccc1SC(F)F)N1CCn2nc(C3CC3)cc2C1. The van der Waals surface area contributed by atoms with Gasteiger partial charge in [0.05, 0.1) is 30.0 Å². The van der Waals surface area contributed by atoms with Crippen LogP contribution in [0.5, 0.6) is 0 Å². The van der Waals surface area contributed by atoms with Crippen molar-refractivity contribution < 1.29 is 13.6 Å². The summed E-state index contributed by atoms with van der Waals surface area (Å²) in [7, 11) is 0. The van der Waals surface area contributed by atoms with Gasteiger partial charge in [-0.1, -0.05) is 23.9 Å². The highest BCUT2D eigenvalue weighted by molar-refractivity contribution is 7.99. The van der Waals surface area contributed by atoms with E-state index in [0.717, 1.165) is 11.4 Å². The number of fused-ring (bicyclic) bond motifs is 1. The number of rotatable bonds is 4. The molecule has 0 atom stereocenters. The smallest absolute Gasteiger partial charge is 0.288 e. The Hall–Kier alpha value is -1.89. The summed E-state index contributed by atoms with van der Waals surface area (Å²) in [5.41, 5.74) is 2.49. The predicted molar refractivity (Wildman–Crippen MR) is 87.2 cm³/mol. The predicted octanol–water partition coefficient (Wildman–Crippen LogP) is 3.73. The van der Waals surface area contributed by atoms with E-state index >= 15 is 0 Å². The number of halogens is 2. The molecule has 2 heterocycles. The summed E-state index contributed by atoms with van der Waals surface area (Å²) in [6.07, 6.45) is 2.38. The van der Waals surface area contributed by atoms with Crippen molar-refractivity contribution in [2.24, 2.45) is 0 Å². The second-order valence-corrected chi connectivity index (χ2v) is 7.19. The zero-order valence-electron chi connectivity index (χ0n) is 13.0. The lowest BCUT2D eigenvalue weighted by Crippen LogP contribution is -2.38. The van der Waals surface area contributed by atoms with Gasteiger partial charge in [-0.15, -0.1) is 0 Å². The molecule has 2 aliphatic rings. The fourth-order valence-corrected chi connectivity index (χ4v) is 3.68. The molecular weight excluding hydrogens is 332 g/mol. The Bertz CT molecular complexity index is 773. The molecule has 4 rings (SSSR count). The number of alkyl halides is 2. The summed E-state index contributed by atoms with van der Waals surface area (Å²) < 4.78 is 27.4. The first-order chi connectivity index (χ1) is 11.6. The first-order valence-electron chi connectivity index (χ1n) is 8.01. The Morgan fingerprint density at radius 2 is 2.04 bits per heavy atom. The van der Waals surface area contributed by atoms with Crippen LogP contribution in [0.25, 0.3) is 0 Å². The molecule has 4 nitrogen and oxygen atoms in total. The summed E-state index contributed by atoms with van der Waals surface area (Å²) in [6.45, 7) is 1.68. The zero-order valence-corrected chi connectivity index (χ0v) is 13.8. The quantitative estimate of drug-likeness (QED) is 0.790. The monoisotopic (exact) mass is 349 g/mol. The van der Waals surface area contributed by atoms with Gasteiger partial charge in [-0.05, 0) is 31.0 Å². The van der Waals surface area contributed by atoms with Crippen molar-refractivity contribution in [1.29, 1.82) is 0 Å². The van der Waals surface area contributed by atoms with E-state index in [0.29, 0.717) is 47.8 Å². The van der Waals surface area contributed by atoms with Gasteiger partial charge in [0.1, 0.15) is 0 Å². The summed E-state index contributed by atoms with van der Waals surface area (Å²) >= 11 is 0.421. The molecule has 0 spiro atoms. The molecule has 24 heavy (non-hydrogen) atoms. The molecule has 1 aliphatic carbocycles. The standard InChI is InChI=1S/C17H17F2N3OS/c18-17(19)24-15-4-2-1-3-13(15)16(23)21-7-8-22-12(10-21)9-14(20-22)11-5-6-11/h1-4,9,11,17H,5-8,10H2. The number of benzene rings is 1. The Morgan fingerprint density at radius 3 is 2.79 bits per heavy atom. The fourth-order valence-electron chi connectivity index (χ4n) is 3.05. The first kappa shape index (κ1) is 15.6. The fraction of sp³-hybridized carbons (Fsp3) is 0.412. The molecule has 1 aromatic heterocycles. The summed E-state index contributed by atoms with van der Waals surface area (Å²) in [4.78, 5) is 14.9. The van der Waals surface area contributed by atoms with Crippen molar-refractivity contribution in [2.45, 2.75) is 42.5 Å². The number of carbonyl (C=O) groups excluding carboxylic acids is 1. The molecular formula is C17H17F2N3OS. The van der Waals surface area contributed by atoms with Crippen molar-refractivity contribution in [3.05, 3.63) is 47.3 Å². The number of aromatic nitrogens is 2. The van der Waals surface area contributed by atoms with Gasteiger partial charge in [-0.25, -0.2) is 0 Å². The third kappa shape index (κ3) is 3.05. The van der Waals surface area contributed by atoms with Crippen molar-refractivity contribution in [3.8, 4) is 0 Å². The molecule has 0 unspecified atom stereocenters. The highest BCUT2D eigenvalue weighted by Gasteiger charge is 2.30. The first-order valence-corrected chi connectivity index (χ1v) is 8.89. The molecule has 0 saturated heterocycles. The van der Waals surface area contributed by atoms with E-state index in [9.17, 15) is 13.6 Å². The van der Waals surface area contributed by atoms with Crippen LogP contribution in [0.2, 0.25) is 0 Å². The molecule has 1 aliphatic heterocycles. The molecule has 7 heteroatoms. The maximum Gasteiger partial charge on any atom is 0.288 e. The van der Waals surface area contributed by atoms with Crippen LogP contribution in [0, 0.1) is 0 Å². The van der Waals surface area contributed by atoms with Crippen molar-refractivity contribution in [2.75, 3.05) is 6.54 Å². The van der Waals surface area contributed by atoms with Crippen LogP contribution in [0.15, 0.2) is 35.2 Å². The minimum atomic E-state index is -2.54. The highest BCUT2D eigenvalue weighted by atomic mass is 32.2. The van der Waals surface area contributed by atoms with Gasteiger partial charge in [0.15, 0.2) is 0 Å². The molecule has 2 aromatic rings. The second kappa shape index (κ2) is 6.20. The second-order valence-electron chi connectivity index (χ2n) is 6.16. The van der Waals surface area contributed by atoms with E-state index < -0.39 is 5.76 Å². The van der Waals surface area contributed by atoms with Gasteiger partial charge < -0.3 is 4.90 Å². The minimum Gasteiger partial charge on any atom is -0.331 e. The van der Waals surface area contributed by atoms with E-state index in [1.807, 2.05) is 4.68 Å². The van der Waals surface area contributed by atoms with Crippen molar-refractivity contribution in [1.82, 2.24) is 14.7 Å². The van der Waals surface area contributed by atoms with Crippen LogP contribution in [0.1, 0.15) is 40.5 Å². The van der Waals surface area contributed by atoms with Gasteiger partial charge in [-0.2, -0.15) is 13.9 Å². The van der Waals surface area contributed by atoms with Crippen molar-refractivity contribution >= 4 is 17.7 Å². The lowest BCUT2D eigenvalue weighted by molar-refractivity contribution is 0.0702. The third-order valence-corrected chi connectivity index (χ3v) is 5.22. The molecule has 1 amide bonds.